The highest BCUT2D eigenvalue weighted by Crippen LogP contribution is 2.22. The van der Waals surface area contributed by atoms with Gasteiger partial charge in [0.15, 0.2) is 12.4 Å². The zero-order valence-electron chi connectivity index (χ0n) is 17.1. The van der Waals surface area contributed by atoms with Gasteiger partial charge in [0.1, 0.15) is 5.75 Å². The zero-order valence-corrected chi connectivity index (χ0v) is 17.8. The number of nitrogens with zero attached hydrogens (tertiary/aromatic N) is 3. The van der Waals surface area contributed by atoms with Gasteiger partial charge >= 0.3 is 5.97 Å². The molecule has 0 saturated carbocycles. The number of carbonyl (C=O) groups excluding carboxylic acids is 1. The third-order valence-electron chi connectivity index (χ3n) is 4.46. The molecule has 2 heterocycles. The summed E-state index contributed by atoms with van der Waals surface area (Å²) in [6.45, 7) is 1.89. The van der Waals surface area contributed by atoms with Crippen LogP contribution >= 0.6 is 11.6 Å². The van der Waals surface area contributed by atoms with E-state index in [9.17, 15) is 9.59 Å². The molecule has 0 radical (unpaired) electrons. The number of hydrogen-bond acceptors (Lipinski definition) is 8. The van der Waals surface area contributed by atoms with Crippen LogP contribution in [0.2, 0.25) is 0 Å². The topological polar surface area (TPSA) is 120 Å². The summed E-state index contributed by atoms with van der Waals surface area (Å²) in [5.41, 5.74) is 1.02. The Morgan fingerprint density at radius 1 is 1.19 bits per heavy atom. The van der Waals surface area contributed by atoms with E-state index in [0.29, 0.717) is 28.4 Å². The van der Waals surface area contributed by atoms with Crippen LogP contribution in [-0.2, 0) is 11.3 Å². The Morgan fingerprint density at radius 2 is 1.97 bits per heavy atom. The Hall–Kier alpha value is -3.98. The second-order valence-corrected chi connectivity index (χ2v) is 7.12. The fourth-order valence-corrected chi connectivity index (χ4v) is 3.14. The van der Waals surface area contributed by atoms with Gasteiger partial charge in [0.25, 0.3) is 5.56 Å². The summed E-state index contributed by atoms with van der Waals surface area (Å²) in [5, 5.41) is 4.33. The van der Waals surface area contributed by atoms with Crippen LogP contribution in [0.25, 0.3) is 22.0 Å². The lowest BCUT2D eigenvalue weighted by atomic mass is 10.1. The Labute approximate surface area is 186 Å². The van der Waals surface area contributed by atoms with Crippen molar-refractivity contribution in [2.45, 2.75) is 13.5 Å². The molecule has 4 rings (SSSR count). The van der Waals surface area contributed by atoms with Gasteiger partial charge in [-0.15, -0.1) is 0 Å². The van der Waals surface area contributed by atoms with Crippen molar-refractivity contribution in [3.63, 3.8) is 0 Å². The fraction of sp³-hybridized carbons (Fsp3) is 0.136. The molecule has 4 aromatic rings. The summed E-state index contributed by atoms with van der Waals surface area (Å²) in [7, 11) is 1.28. The molecule has 0 aliphatic rings. The molecule has 0 spiro atoms. The molecule has 2 aromatic heterocycles. The Bertz CT molecular complexity index is 1380. The molecule has 1 N–H and O–H groups in total. The normalized spacial score (nSPS) is 11.5. The number of methoxy groups -OCH3 is 1. The van der Waals surface area contributed by atoms with Crippen molar-refractivity contribution in [1.29, 1.82) is 0 Å². The lowest BCUT2D eigenvalue weighted by Crippen LogP contribution is -2.11. The summed E-state index contributed by atoms with van der Waals surface area (Å²) >= 11 is 6.40. The highest BCUT2D eigenvalue weighted by Gasteiger charge is 2.11. The Morgan fingerprint density at radius 3 is 2.66 bits per heavy atom. The van der Waals surface area contributed by atoms with E-state index in [-0.39, 0.29) is 28.6 Å². The number of benzene rings is 2. The quantitative estimate of drug-likeness (QED) is 0.439. The first-order valence-electron chi connectivity index (χ1n) is 9.45. The van der Waals surface area contributed by atoms with E-state index in [1.807, 2.05) is 0 Å². The largest absolute Gasteiger partial charge is 0.485 e. The molecule has 162 valence electrons. The van der Waals surface area contributed by atoms with E-state index in [4.69, 9.17) is 25.6 Å². The van der Waals surface area contributed by atoms with Gasteiger partial charge in [-0.05, 0) is 42.0 Å². The number of aromatic amines is 1. The molecular formula is C22H17ClN4O5. The molecule has 0 unspecified atom stereocenters. The molecule has 32 heavy (non-hydrogen) atoms. The van der Waals surface area contributed by atoms with E-state index in [0.717, 1.165) is 5.56 Å². The minimum atomic E-state index is -0.519. The SMILES string of the molecule is COC(=O)c1ccc2c(=O)[nH]c(/C(Cl)=C/c3ccc(OCc4noc(C)n4)cc3)nc2c1. The van der Waals surface area contributed by atoms with E-state index >= 15 is 0 Å². The third kappa shape index (κ3) is 4.68. The van der Waals surface area contributed by atoms with Crippen molar-refractivity contribution in [2.75, 3.05) is 7.11 Å². The summed E-state index contributed by atoms with van der Waals surface area (Å²) in [6, 6.07) is 11.6. The Kier molecular flexibility index (Phi) is 6.00. The first-order valence-corrected chi connectivity index (χ1v) is 9.83. The summed E-state index contributed by atoms with van der Waals surface area (Å²) in [4.78, 5) is 35.3. The van der Waals surface area contributed by atoms with Gasteiger partial charge in [-0.25, -0.2) is 9.78 Å². The molecule has 0 atom stereocenters. The first kappa shape index (κ1) is 21.3. The van der Waals surface area contributed by atoms with Gasteiger partial charge in [-0.1, -0.05) is 28.9 Å². The Balaban J connectivity index is 1.55. The summed E-state index contributed by atoms with van der Waals surface area (Å²) < 4.78 is 15.2. The van der Waals surface area contributed by atoms with Crippen LogP contribution in [0.3, 0.4) is 0 Å². The van der Waals surface area contributed by atoms with Crippen molar-refractivity contribution in [2.24, 2.45) is 0 Å². The predicted molar refractivity (Wildman–Crippen MR) is 117 cm³/mol. The molecule has 10 heteroatoms. The van der Waals surface area contributed by atoms with Crippen molar-refractivity contribution in [1.82, 2.24) is 20.1 Å². The van der Waals surface area contributed by atoms with Crippen LogP contribution in [0, 0.1) is 6.92 Å². The maximum absolute atomic E-state index is 12.4. The number of halogens is 1. The molecule has 0 bridgehead atoms. The maximum atomic E-state index is 12.4. The number of fused-ring (bicyclic) bond motifs is 1. The maximum Gasteiger partial charge on any atom is 0.337 e. The van der Waals surface area contributed by atoms with Crippen LogP contribution in [0.5, 0.6) is 5.75 Å². The molecule has 2 aromatic carbocycles. The molecule has 0 aliphatic heterocycles. The predicted octanol–water partition coefficient (Wildman–Crippen LogP) is 3.72. The number of aromatic nitrogens is 4. The number of ether oxygens (including phenoxy) is 2. The number of nitrogens with one attached hydrogen (secondary N) is 1. The molecule has 0 fully saturated rings. The highest BCUT2D eigenvalue weighted by atomic mass is 35.5. The third-order valence-corrected chi connectivity index (χ3v) is 4.75. The average molecular weight is 453 g/mol. The van der Waals surface area contributed by atoms with E-state index in [1.165, 1.54) is 25.3 Å². The van der Waals surface area contributed by atoms with Crippen LogP contribution < -0.4 is 10.3 Å². The molecule has 9 nitrogen and oxygen atoms in total. The molecule has 0 saturated heterocycles. The zero-order chi connectivity index (χ0) is 22.7. The summed E-state index contributed by atoms with van der Waals surface area (Å²) in [6.07, 6.45) is 1.65. The lowest BCUT2D eigenvalue weighted by molar-refractivity contribution is 0.0601. The van der Waals surface area contributed by atoms with Gasteiger partial charge in [0, 0.05) is 6.92 Å². The van der Waals surface area contributed by atoms with E-state index < -0.39 is 5.97 Å². The molecule has 0 amide bonds. The monoisotopic (exact) mass is 452 g/mol. The smallest absolute Gasteiger partial charge is 0.337 e. The van der Waals surface area contributed by atoms with Gasteiger partial charge in [-0.3, -0.25) is 4.79 Å². The van der Waals surface area contributed by atoms with Crippen LogP contribution in [0.4, 0.5) is 0 Å². The number of H-pyrrole nitrogens is 1. The van der Waals surface area contributed by atoms with Crippen molar-refractivity contribution < 1.29 is 18.8 Å². The standard InChI is InChI=1S/C22H17ClN4O5/c1-12-24-19(27-32-12)11-31-15-6-3-13(4-7-15)9-17(23)20-25-18-10-14(22(29)30-2)5-8-16(18)21(28)26-20/h3-10H,11H2,1-2H3,(H,25,26,28)/b17-9-. The van der Waals surface area contributed by atoms with Crippen LogP contribution in [-0.4, -0.2) is 33.2 Å². The number of esters is 1. The number of aryl methyl sites for hydroxylation is 1. The number of rotatable bonds is 6. The number of hydrogen-bond donors (Lipinski definition) is 1. The van der Waals surface area contributed by atoms with Gasteiger partial charge < -0.3 is 19.0 Å². The fourth-order valence-electron chi connectivity index (χ4n) is 2.92. The molecule has 0 aliphatic carbocycles. The van der Waals surface area contributed by atoms with E-state index in [1.54, 1.807) is 37.3 Å². The second kappa shape index (κ2) is 9.03. The van der Waals surface area contributed by atoms with Crippen molar-refractivity contribution in [3.05, 3.63) is 81.5 Å². The van der Waals surface area contributed by atoms with Crippen LogP contribution in [0.1, 0.15) is 33.5 Å². The van der Waals surface area contributed by atoms with Gasteiger partial charge in [0.2, 0.25) is 11.7 Å². The summed E-state index contributed by atoms with van der Waals surface area (Å²) in [5.74, 6) is 1.21. The van der Waals surface area contributed by atoms with Crippen molar-refractivity contribution in [3.8, 4) is 5.75 Å². The minimum Gasteiger partial charge on any atom is -0.485 e. The van der Waals surface area contributed by atoms with Crippen molar-refractivity contribution >= 4 is 39.6 Å². The van der Waals surface area contributed by atoms with Crippen LogP contribution in [0.15, 0.2) is 51.8 Å². The average Bonchev–Trinajstić information content (AvgIpc) is 3.22. The van der Waals surface area contributed by atoms with E-state index in [2.05, 4.69) is 20.1 Å². The molecular weight excluding hydrogens is 436 g/mol. The number of carbonyl (C=O) groups is 1. The lowest BCUT2D eigenvalue weighted by Gasteiger charge is -2.05. The minimum absolute atomic E-state index is 0.180. The van der Waals surface area contributed by atoms with Gasteiger partial charge in [0.05, 0.1) is 28.6 Å². The van der Waals surface area contributed by atoms with Gasteiger partial charge in [-0.2, -0.15) is 4.98 Å². The highest BCUT2D eigenvalue weighted by molar-refractivity contribution is 6.50. The first-order chi connectivity index (χ1) is 15.4. The second-order valence-electron chi connectivity index (χ2n) is 6.72.